The van der Waals surface area contributed by atoms with Gasteiger partial charge in [-0.25, -0.2) is 0 Å². The molecule has 2 aromatic carbocycles. The summed E-state index contributed by atoms with van der Waals surface area (Å²) in [5, 5.41) is 19.2. The van der Waals surface area contributed by atoms with Gasteiger partial charge in [-0.15, -0.1) is 0 Å². The number of non-ortho nitro benzene ring substituents is 1. The lowest BCUT2D eigenvalue weighted by Gasteiger charge is -1.95. The first kappa shape index (κ1) is 12.5. The predicted octanol–water partition coefficient (Wildman–Crippen LogP) is 3.64. The molecule has 0 amide bonds. The minimum Gasteiger partial charge on any atom is -0.258 e. The molecule has 0 aliphatic heterocycles. The van der Waals surface area contributed by atoms with Crippen LogP contribution in [0.2, 0.25) is 0 Å². The van der Waals surface area contributed by atoms with E-state index < -0.39 is 4.92 Å². The van der Waals surface area contributed by atoms with Gasteiger partial charge in [0.25, 0.3) is 5.69 Å². The summed E-state index contributed by atoms with van der Waals surface area (Å²) < 4.78 is 0. The SMILES string of the molecule is N#Cc1ccc(/C=C\c2ccc([N+](=O)[O-])cc2)cc1. The fraction of sp³-hybridized carbons (Fsp3) is 0. The van der Waals surface area contributed by atoms with Crippen LogP contribution >= 0.6 is 0 Å². The zero-order valence-corrected chi connectivity index (χ0v) is 9.98. The van der Waals surface area contributed by atoms with Crippen molar-refractivity contribution in [2.45, 2.75) is 0 Å². The second kappa shape index (κ2) is 5.61. The average molecular weight is 250 g/mol. The van der Waals surface area contributed by atoms with Gasteiger partial charge in [0.05, 0.1) is 16.6 Å². The molecule has 2 aromatic rings. The quantitative estimate of drug-likeness (QED) is 0.474. The van der Waals surface area contributed by atoms with Gasteiger partial charge in [-0.2, -0.15) is 5.26 Å². The third-order valence-corrected chi connectivity index (χ3v) is 2.61. The Balaban J connectivity index is 2.13. The van der Waals surface area contributed by atoms with Crippen LogP contribution in [-0.2, 0) is 0 Å². The molecule has 0 fully saturated rings. The number of nitro benzene ring substituents is 1. The van der Waals surface area contributed by atoms with Crippen LogP contribution < -0.4 is 0 Å². The molecule has 0 N–H and O–H groups in total. The highest BCUT2D eigenvalue weighted by Gasteiger charge is 2.01. The third-order valence-electron chi connectivity index (χ3n) is 2.61. The predicted molar refractivity (Wildman–Crippen MR) is 73.2 cm³/mol. The van der Waals surface area contributed by atoms with Gasteiger partial charge in [-0.1, -0.05) is 24.3 Å². The number of hydrogen-bond acceptors (Lipinski definition) is 3. The van der Waals surface area contributed by atoms with Crippen molar-refractivity contribution in [3.05, 3.63) is 75.3 Å². The molecule has 92 valence electrons. The van der Waals surface area contributed by atoms with E-state index in [1.165, 1.54) is 12.1 Å². The summed E-state index contributed by atoms with van der Waals surface area (Å²) in [6, 6.07) is 15.6. The molecule has 0 aliphatic carbocycles. The van der Waals surface area contributed by atoms with Crippen LogP contribution in [0.15, 0.2) is 48.5 Å². The fourth-order valence-corrected chi connectivity index (χ4v) is 1.57. The Morgan fingerprint density at radius 1 is 0.947 bits per heavy atom. The summed E-state index contributed by atoms with van der Waals surface area (Å²) in [5.41, 5.74) is 2.55. The molecule has 0 unspecified atom stereocenters. The van der Waals surface area contributed by atoms with Crippen molar-refractivity contribution in [1.82, 2.24) is 0 Å². The number of benzene rings is 2. The number of nitrogens with zero attached hydrogens (tertiary/aromatic N) is 2. The van der Waals surface area contributed by atoms with E-state index in [0.29, 0.717) is 5.56 Å². The first-order chi connectivity index (χ1) is 9.19. The first-order valence-electron chi connectivity index (χ1n) is 5.62. The molecule has 0 radical (unpaired) electrons. The molecule has 4 heteroatoms. The number of hydrogen-bond donors (Lipinski definition) is 0. The second-order valence-electron chi connectivity index (χ2n) is 3.92. The van der Waals surface area contributed by atoms with Crippen molar-refractivity contribution in [1.29, 1.82) is 5.26 Å². The van der Waals surface area contributed by atoms with E-state index in [1.54, 1.807) is 24.3 Å². The van der Waals surface area contributed by atoms with Gasteiger partial charge < -0.3 is 0 Å². The Morgan fingerprint density at radius 3 is 1.84 bits per heavy atom. The Morgan fingerprint density at radius 2 is 1.42 bits per heavy atom. The standard InChI is InChI=1S/C15H10N2O2/c16-11-14-5-3-12(4-6-14)1-2-13-7-9-15(10-8-13)17(18)19/h1-10H/b2-1-. The first-order valence-corrected chi connectivity index (χ1v) is 5.62. The van der Waals surface area contributed by atoms with E-state index in [0.717, 1.165) is 11.1 Å². The van der Waals surface area contributed by atoms with Gasteiger partial charge >= 0.3 is 0 Å². The molecule has 0 heterocycles. The van der Waals surface area contributed by atoms with Crippen LogP contribution in [0.25, 0.3) is 12.2 Å². The minimum absolute atomic E-state index is 0.0792. The number of nitriles is 1. The van der Waals surface area contributed by atoms with E-state index in [2.05, 4.69) is 6.07 Å². The Labute approximate surface area is 110 Å². The molecule has 0 spiro atoms. The molecular weight excluding hydrogens is 240 g/mol. The van der Waals surface area contributed by atoms with Crippen molar-refractivity contribution in [2.24, 2.45) is 0 Å². The maximum Gasteiger partial charge on any atom is 0.269 e. The smallest absolute Gasteiger partial charge is 0.258 e. The lowest BCUT2D eigenvalue weighted by atomic mass is 10.1. The molecule has 0 saturated carbocycles. The molecule has 0 aromatic heterocycles. The zero-order valence-electron chi connectivity index (χ0n) is 9.98. The van der Waals surface area contributed by atoms with Crippen molar-refractivity contribution in [3.8, 4) is 6.07 Å². The summed E-state index contributed by atoms with van der Waals surface area (Å²) >= 11 is 0. The molecule has 0 atom stereocenters. The van der Waals surface area contributed by atoms with Crippen LogP contribution in [0.1, 0.15) is 16.7 Å². The molecular formula is C15H10N2O2. The zero-order chi connectivity index (χ0) is 13.7. The van der Waals surface area contributed by atoms with E-state index in [1.807, 2.05) is 24.3 Å². The van der Waals surface area contributed by atoms with E-state index >= 15 is 0 Å². The van der Waals surface area contributed by atoms with Crippen LogP contribution in [0, 0.1) is 21.4 Å². The summed E-state index contributed by atoms with van der Waals surface area (Å²) in [5.74, 6) is 0. The Kier molecular flexibility index (Phi) is 3.70. The van der Waals surface area contributed by atoms with Crippen molar-refractivity contribution >= 4 is 17.8 Å². The molecule has 19 heavy (non-hydrogen) atoms. The van der Waals surface area contributed by atoms with E-state index in [9.17, 15) is 10.1 Å². The highest BCUT2D eigenvalue weighted by Crippen LogP contribution is 2.14. The monoisotopic (exact) mass is 250 g/mol. The Hall–Kier alpha value is -2.93. The molecule has 0 saturated heterocycles. The summed E-state index contributed by atoms with van der Waals surface area (Å²) in [4.78, 5) is 10.1. The molecule has 0 aliphatic rings. The van der Waals surface area contributed by atoms with Gasteiger partial charge in [-0.05, 0) is 35.4 Å². The van der Waals surface area contributed by atoms with Crippen LogP contribution in [0.4, 0.5) is 5.69 Å². The second-order valence-corrected chi connectivity index (χ2v) is 3.92. The van der Waals surface area contributed by atoms with Crippen molar-refractivity contribution < 1.29 is 4.92 Å². The Bertz CT molecular complexity index is 650. The largest absolute Gasteiger partial charge is 0.269 e. The summed E-state index contributed by atoms with van der Waals surface area (Å²) in [7, 11) is 0. The summed E-state index contributed by atoms with van der Waals surface area (Å²) in [6.07, 6.45) is 3.76. The maximum absolute atomic E-state index is 10.5. The van der Waals surface area contributed by atoms with Gasteiger partial charge in [0.15, 0.2) is 0 Å². The van der Waals surface area contributed by atoms with Gasteiger partial charge in [-0.3, -0.25) is 10.1 Å². The molecule has 4 nitrogen and oxygen atoms in total. The lowest BCUT2D eigenvalue weighted by molar-refractivity contribution is -0.384. The normalized spacial score (nSPS) is 10.3. The van der Waals surface area contributed by atoms with E-state index in [4.69, 9.17) is 5.26 Å². The maximum atomic E-state index is 10.5. The minimum atomic E-state index is -0.423. The highest BCUT2D eigenvalue weighted by atomic mass is 16.6. The van der Waals surface area contributed by atoms with Crippen LogP contribution in [0.3, 0.4) is 0 Å². The van der Waals surface area contributed by atoms with E-state index in [-0.39, 0.29) is 5.69 Å². The third kappa shape index (κ3) is 3.27. The lowest BCUT2D eigenvalue weighted by Crippen LogP contribution is -1.86. The van der Waals surface area contributed by atoms with Crippen molar-refractivity contribution in [3.63, 3.8) is 0 Å². The van der Waals surface area contributed by atoms with Crippen LogP contribution in [0.5, 0.6) is 0 Å². The van der Waals surface area contributed by atoms with Crippen molar-refractivity contribution in [2.75, 3.05) is 0 Å². The summed E-state index contributed by atoms with van der Waals surface area (Å²) in [6.45, 7) is 0. The topological polar surface area (TPSA) is 66.9 Å². The fourth-order valence-electron chi connectivity index (χ4n) is 1.57. The number of rotatable bonds is 3. The van der Waals surface area contributed by atoms with Gasteiger partial charge in [0.2, 0.25) is 0 Å². The molecule has 2 rings (SSSR count). The number of nitro groups is 1. The van der Waals surface area contributed by atoms with Crippen LogP contribution in [-0.4, -0.2) is 4.92 Å². The average Bonchev–Trinajstić information content (AvgIpc) is 2.46. The van der Waals surface area contributed by atoms with Gasteiger partial charge in [0.1, 0.15) is 0 Å². The molecule has 0 bridgehead atoms. The van der Waals surface area contributed by atoms with Gasteiger partial charge in [0, 0.05) is 12.1 Å². The highest BCUT2D eigenvalue weighted by molar-refractivity contribution is 5.70.